The van der Waals surface area contributed by atoms with Gasteiger partial charge in [0.1, 0.15) is 5.75 Å². The highest BCUT2D eigenvalue weighted by atomic mass is 32.2. The number of hydrogen-bond acceptors (Lipinski definition) is 9. The zero-order valence-electron chi connectivity index (χ0n) is 26.6. The van der Waals surface area contributed by atoms with E-state index in [0.29, 0.717) is 48.5 Å². The van der Waals surface area contributed by atoms with E-state index in [1.54, 1.807) is 66.7 Å². The number of benzene rings is 3. The van der Waals surface area contributed by atoms with Gasteiger partial charge < -0.3 is 24.6 Å². The molecule has 1 aliphatic heterocycles. The number of sulfone groups is 1. The molecule has 0 radical (unpaired) electrons. The van der Waals surface area contributed by atoms with Crippen LogP contribution >= 0.6 is 0 Å². The summed E-state index contributed by atoms with van der Waals surface area (Å²) in [6.07, 6.45) is -0.165. The summed E-state index contributed by atoms with van der Waals surface area (Å²) in [5, 5.41) is 15.8. The zero-order valence-corrected chi connectivity index (χ0v) is 27.4. The maximum absolute atomic E-state index is 14.3. The van der Waals surface area contributed by atoms with Gasteiger partial charge in [-0.1, -0.05) is 47.6 Å². The van der Waals surface area contributed by atoms with Crippen molar-refractivity contribution in [1.82, 2.24) is 5.32 Å². The van der Waals surface area contributed by atoms with Gasteiger partial charge in [-0.25, -0.2) is 13.4 Å². The molecule has 0 saturated heterocycles. The Morgan fingerprint density at radius 1 is 1.06 bits per heavy atom. The van der Waals surface area contributed by atoms with Crippen molar-refractivity contribution in [2.45, 2.75) is 62.3 Å². The monoisotopic (exact) mass is 663 g/mol. The molecule has 2 N–H and O–H groups in total. The van der Waals surface area contributed by atoms with E-state index in [2.05, 4.69) is 15.3 Å². The summed E-state index contributed by atoms with van der Waals surface area (Å²) in [7, 11) is -3.81. The first-order valence-electron chi connectivity index (χ1n) is 15.6. The van der Waals surface area contributed by atoms with Crippen molar-refractivity contribution in [3.63, 3.8) is 0 Å². The largest absolute Gasteiger partial charge is 0.494 e. The third-order valence-electron chi connectivity index (χ3n) is 7.58. The van der Waals surface area contributed by atoms with Gasteiger partial charge in [0.05, 0.1) is 29.9 Å². The molecule has 12 nitrogen and oxygen atoms in total. The molecule has 0 unspecified atom stereocenters. The summed E-state index contributed by atoms with van der Waals surface area (Å²) in [6.45, 7) is 4.92. The number of aliphatic hydroxyl groups is 1. The lowest BCUT2D eigenvalue weighted by Gasteiger charge is -2.31. The van der Waals surface area contributed by atoms with Gasteiger partial charge in [0, 0.05) is 43.1 Å². The van der Waals surface area contributed by atoms with Crippen LogP contribution in [0.5, 0.6) is 5.75 Å². The Morgan fingerprint density at radius 3 is 2.49 bits per heavy atom. The minimum Gasteiger partial charge on any atom is -0.494 e. The molecule has 3 aromatic rings. The quantitative estimate of drug-likeness (QED) is 0.0803. The molecule has 1 amide bonds. The number of amides is 1. The van der Waals surface area contributed by atoms with Crippen molar-refractivity contribution in [1.29, 1.82) is 0 Å². The van der Waals surface area contributed by atoms with Gasteiger partial charge in [0.25, 0.3) is 5.91 Å². The number of azide groups is 1. The fraction of sp³-hybridized carbons (Fsp3) is 0.412. The number of ether oxygens (including phenoxy) is 3. The summed E-state index contributed by atoms with van der Waals surface area (Å²) < 4.78 is 44.9. The molecule has 2 atom stereocenters. The maximum Gasteiger partial charge on any atom is 0.252 e. The predicted molar refractivity (Wildman–Crippen MR) is 178 cm³/mol. The molecule has 250 valence electrons. The highest BCUT2D eigenvalue weighted by Crippen LogP contribution is 2.44. The van der Waals surface area contributed by atoms with Gasteiger partial charge in [-0.2, -0.15) is 0 Å². The first kappa shape index (κ1) is 35.4. The Bertz CT molecular complexity index is 1660. The van der Waals surface area contributed by atoms with Crippen LogP contribution in [0.2, 0.25) is 0 Å². The molecule has 3 aromatic carbocycles. The Hall–Kier alpha value is -4.42. The Kier molecular flexibility index (Phi) is 12.8. The van der Waals surface area contributed by atoms with E-state index in [1.165, 1.54) is 12.1 Å². The molecular formula is C34H41N5O7S. The first-order valence-corrected chi connectivity index (χ1v) is 17.2. The average Bonchev–Trinajstić information content (AvgIpc) is 3.48. The summed E-state index contributed by atoms with van der Waals surface area (Å²) in [6, 6.07) is 22.1. The van der Waals surface area contributed by atoms with Crippen molar-refractivity contribution in [3.05, 3.63) is 106 Å². The maximum atomic E-state index is 14.3. The second kappa shape index (κ2) is 16.9. The predicted octanol–water partition coefficient (Wildman–Crippen LogP) is 5.31. The third kappa shape index (κ3) is 9.32. The lowest BCUT2D eigenvalue weighted by Crippen LogP contribution is -2.49. The number of nitrogens with one attached hydrogen (secondary N) is 1. The highest BCUT2D eigenvalue weighted by Gasteiger charge is 2.54. The van der Waals surface area contributed by atoms with Gasteiger partial charge in [-0.05, 0) is 73.3 Å². The van der Waals surface area contributed by atoms with E-state index in [0.717, 1.165) is 0 Å². The van der Waals surface area contributed by atoms with Gasteiger partial charge in [-0.15, -0.1) is 0 Å². The first-order chi connectivity index (χ1) is 22.7. The minimum absolute atomic E-state index is 0.00566. The molecule has 0 spiro atoms. The molecule has 4 rings (SSSR count). The van der Waals surface area contributed by atoms with Crippen molar-refractivity contribution in [3.8, 4) is 5.75 Å². The number of carbonyl (C=O) groups is 1. The summed E-state index contributed by atoms with van der Waals surface area (Å²) in [4.78, 5) is 22.3. The molecule has 1 aliphatic rings. The number of carbonyl (C=O) groups excluding carboxylic acids is 1. The molecule has 0 aromatic heterocycles. The van der Waals surface area contributed by atoms with Crippen LogP contribution in [0.15, 0.2) is 93.9 Å². The molecule has 1 heterocycles. The van der Waals surface area contributed by atoms with Gasteiger partial charge >= 0.3 is 0 Å². The topological polar surface area (TPSA) is 172 Å². The smallest absolute Gasteiger partial charge is 0.252 e. The highest BCUT2D eigenvalue weighted by molar-refractivity contribution is 7.91. The third-order valence-corrected chi connectivity index (χ3v) is 9.32. The minimum atomic E-state index is -3.81. The number of rotatable bonds is 18. The van der Waals surface area contributed by atoms with Crippen molar-refractivity contribution in [2.24, 2.45) is 10.1 Å². The molecule has 47 heavy (non-hydrogen) atoms. The van der Waals surface area contributed by atoms with Crippen molar-refractivity contribution in [2.75, 3.05) is 32.1 Å². The van der Waals surface area contributed by atoms with E-state index in [9.17, 15) is 13.2 Å². The van der Waals surface area contributed by atoms with Crippen LogP contribution in [0.3, 0.4) is 0 Å². The second-order valence-corrected chi connectivity index (χ2v) is 13.4. The van der Waals surface area contributed by atoms with E-state index >= 15 is 0 Å². The lowest BCUT2D eigenvalue weighted by atomic mass is 9.83. The average molecular weight is 664 g/mol. The van der Waals surface area contributed by atoms with Crippen LogP contribution in [0, 0.1) is 0 Å². The van der Waals surface area contributed by atoms with Crippen LogP contribution in [0.1, 0.15) is 55.9 Å². The summed E-state index contributed by atoms with van der Waals surface area (Å²) in [5.74, 6) is -0.134. The van der Waals surface area contributed by atoms with E-state index in [4.69, 9.17) is 29.8 Å². The standard InChI is InChI=1S/C34H41N5O7S/c1-25(2)44-21-8-19-36-33(41)34(18-23-47(42,43)29-11-4-3-5-12-29)31(30-13-7-6-10-27(30)24-37-39-35)46-32(38-34)26-14-16-28(17-15-26)45-22-9-20-40/h3-7,10-17,25,31,40H,8-9,18-24H2,1-2H3,(H,36,41)/t31-,34-/m1/s1. The van der Waals surface area contributed by atoms with Crippen molar-refractivity contribution >= 4 is 21.6 Å². The SMILES string of the molecule is CC(C)OCCCNC(=O)[C@]1(CCS(=O)(=O)c2ccccc2)N=C(c2ccc(OCCCO)cc2)O[C@@H]1c1ccccc1CN=[N+]=[N-]. The van der Waals surface area contributed by atoms with Crippen LogP contribution in [-0.4, -0.2) is 69.1 Å². The summed E-state index contributed by atoms with van der Waals surface area (Å²) in [5.41, 5.74) is 9.09. The van der Waals surface area contributed by atoms with E-state index in [-0.39, 0.29) is 48.8 Å². The van der Waals surface area contributed by atoms with Gasteiger partial charge in [0.15, 0.2) is 21.5 Å². The van der Waals surface area contributed by atoms with Gasteiger partial charge in [-0.3, -0.25) is 4.79 Å². The molecular weight excluding hydrogens is 622 g/mol. The zero-order chi connectivity index (χ0) is 33.7. The number of nitrogens with zero attached hydrogens (tertiary/aromatic N) is 4. The second-order valence-electron chi connectivity index (χ2n) is 11.3. The van der Waals surface area contributed by atoms with Crippen LogP contribution in [-0.2, 0) is 30.7 Å². The Balaban J connectivity index is 1.77. The molecule has 0 fully saturated rings. The van der Waals surface area contributed by atoms with Crippen LogP contribution in [0.4, 0.5) is 0 Å². The molecule has 13 heteroatoms. The Labute approximate surface area is 275 Å². The van der Waals surface area contributed by atoms with Crippen LogP contribution < -0.4 is 10.1 Å². The Morgan fingerprint density at radius 2 is 1.79 bits per heavy atom. The van der Waals surface area contributed by atoms with E-state index < -0.39 is 27.4 Å². The molecule has 0 bridgehead atoms. The lowest BCUT2D eigenvalue weighted by molar-refractivity contribution is -0.129. The fourth-order valence-corrected chi connectivity index (χ4v) is 6.56. The molecule has 0 saturated carbocycles. The number of aliphatic imine (C=N–C) groups is 1. The van der Waals surface area contributed by atoms with Crippen molar-refractivity contribution < 1.29 is 32.5 Å². The molecule has 0 aliphatic carbocycles. The number of aliphatic hydroxyl groups excluding tert-OH is 1. The normalized spacial score (nSPS) is 17.4. The van der Waals surface area contributed by atoms with Crippen LogP contribution in [0.25, 0.3) is 10.4 Å². The van der Waals surface area contributed by atoms with Gasteiger partial charge in [0.2, 0.25) is 5.90 Å². The number of hydrogen-bond donors (Lipinski definition) is 2. The van der Waals surface area contributed by atoms with E-state index in [1.807, 2.05) is 13.8 Å². The summed E-state index contributed by atoms with van der Waals surface area (Å²) >= 11 is 0. The fourth-order valence-electron chi connectivity index (χ4n) is 5.17.